The van der Waals surface area contributed by atoms with E-state index in [-0.39, 0.29) is 11.4 Å². The lowest BCUT2D eigenvalue weighted by atomic mass is 9.96. The Morgan fingerprint density at radius 1 is 1.24 bits per heavy atom. The molecule has 114 valence electrons. The summed E-state index contributed by atoms with van der Waals surface area (Å²) in [4.78, 5) is 11.9. The molecule has 4 nitrogen and oxygen atoms in total. The van der Waals surface area contributed by atoms with E-state index in [1.165, 1.54) is 5.56 Å². The van der Waals surface area contributed by atoms with Crippen molar-refractivity contribution in [3.63, 3.8) is 0 Å². The van der Waals surface area contributed by atoms with Gasteiger partial charge in [0.2, 0.25) is 0 Å². The minimum atomic E-state index is -0.0530. The number of rotatable bonds is 5. The Morgan fingerprint density at radius 3 is 2.71 bits per heavy atom. The highest BCUT2D eigenvalue weighted by Gasteiger charge is 2.44. The van der Waals surface area contributed by atoms with Crippen molar-refractivity contribution in [2.45, 2.75) is 31.1 Å². The second kappa shape index (κ2) is 6.48. The quantitative estimate of drug-likeness (QED) is 0.874. The fraction of sp³-hybridized carbons (Fsp3) is 0.588. The molecule has 1 aliphatic heterocycles. The first-order valence-corrected chi connectivity index (χ1v) is 7.93. The molecule has 1 saturated carbocycles. The maximum absolute atomic E-state index is 11.9. The van der Waals surface area contributed by atoms with Gasteiger partial charge >= 0.3 is 6.03 Å². The fourth-order valence-corrected chi connectivity index (χ4v) is 3.03. The summed E-state index contributed by atoms with van der Waals surface area (Å²) in [6.45, 7) is 3.07. The summed E-state index contributed by atoms with van der Waals surface area (Å²) >= 11 is 0. The van der Waals surface area contributed by atoms with Crippen molar-refractivity contribution < 1.29 is 9.53 Å². The van der Waals surface area contributed by atoms with Crippen molar-refractivity contribution in [2.75, 3.05) is 26.3 Å². The molecule has 1 aliphatic carbocycles. The second-order valence-corrected chi connectivity index (χ2v) is 6.29. The molecule has 1 aromatic carbocycles. The summed E-state index contributed by atoms with van der Waals surface area (Å²) in [7, 11) is 0. The van der Waals surface area contributed by atoms with Crippen molar-refractivity contribution in [3.8, 4) is 0 Å². The summed E-state index contributed by atoms with van der Waals surface area (Å²) in [5.74, 6) is 0.466. The third kappa shape index (κ3) is 3.76. The van der Waals surface area contributed by atoms with Gasteiger partial charge in [-0.1, -0.05) is 30.3 Å². The molecule has 1 atom stereocenters. The monoisotopic (exact) mass is 288 g/mol. The van der Waals surface area contributed by atoms with Crippen molar-refractivity contribution in [1.29, 1.82) is 0 Å². The van der Waals surface area contributed by atoms with Crippen LogP contribution in [0, 0.1) is 5.92 Å². The van der Waals surface area contributed by atoms with Gasteiger partial charge in [-0.25, -0.2) is 4.79 Å². The molecule has 0 aromatic heterocycles. The molecule has 4 heteroatoms. The standard InChI is InChI=1S/C17H24N2O2/c20-16(18-11-14-5-4-10-21-12-14)19-13-17(8-9-17)15-6-2-1-3-7-15/h1-3,6-7,14H,4-5,8-13H2,(H2,18,19,20)/t14-/m0/s1. The molecule has 1 saturated heterocycles. The summed E-state index contributed by atoms with van der Waals surface area (Å²) in [6, 6.07) is 10.4. The van der Waals surface area contributed by atoms with E-state index in [9.17, 15) is 4.79 Å². The van der Waals surface area contributed by atoms with Gasteiger partial charge in [-0.15, -0.1) is 0 Å². The number of carbonyl (C=O) groups excluding carboxylic acids is 1. The van der Waals surface area contributed by atoms with Gasteiger partial charge < -0.3 is 15.4 Å². The van der Waals surface area contributed by atoms with Crippen molar-refractivity contribution in [3.05, 3.63) is 35.9 Å². The zero-order valence-electron chi connectivity index (χ0n) is 12.4. The molecule has 0 unspecified atom stereocenters. The minimum Gasteiger partial charge on any atom is -0.381 e. The molecule has 3 rings (SSSR count). The lowest BCUT2D eigenvalue weighted by molar-refractivity contribution is 0.0557. The van der Waals surface area contributed by atoms with Gasteiger partial charge in [-0.3, -0.25) is 0 Å². The first kappa shape index (κ1) is 14.4. The normalized spacial score (nSPS) is 23.3. The highest BCUT2D eigenvalue weighted by atomic mass is 16.5. The van der Waals surface area contributed by atoms with E-state index in [1.807, 2.05) is 6.07 Å². The van der Waals surface area contributed by atoms with Crippen LogP contribution in [0.4, 0.5) is 4.79 Å². The molecule has 21 heavy (non-hydrogen) atoms. The summed E-state index contributed by atoms with van der Waals surface area (Å²) in [5, 5.41) is 6.01. The molecule has 2 N–H and O–H groups in total. The average molecular weight is 288 g/mol. The van der Waals surface area contributed by atoms with Crippen LogP contribution in [-0.2, 0) is 10.2 Å². The Bertz CT molecular complexity index is 465. The maximum atomic E-state index is 11.9. The number of amides is 2. The highest BCUT2D eigenvalue weighted by Crippen LogP contribution is 2.47. The van der Waals surface area contributed by atoms with E-state index >= 15 is 0 Å². The first-order chi connectivity index (χ1) is 10.3. The van der Waals surface area contributed by atoms with Gasteiger partial charge in [0.15, 0.2) is 0 Å². The third-order valence-corrected chi connectivity index (χ3v) is 4.63. The summed E-state index contributed by atoms with van der Waals surface area (Å²) < 4.78 is 5.42. The second-order valence-electron chi connectivity index (χ2n) is 6.29. The zero-order valence-corrected chi connectivity index (χ0v) is 12.4. The van der Waals surface area contributed by atoms with Crippen LogP contribution in [-0.4, -0.2) is 32.3 Å². The fourth-order valence-electron chi connectivity index (χ4n) is 3.03. The summed E-state index contributed by atoms with van der Waals surface area (Å²) in [5.41, 5.74) is 1.51. The van der Waals surface area contributed by atoms with E-state index < -0.39 is 0 Å². The van der Waals surface area contributed by atoms with Gasteiger partial charge in [0.25, 0.3) is 0 Å². The average Bonchev–Trinajstić information content (AvgIpc) is 3.34. The van der Waals surface area contributed by atoms with Crippen molar-refractivity contribution >= 4 is 6.03 Å². The number of nitrogens with one attached hydrogen (secondary N) is 2. The van der Waals surface area contributed by atoms with Gasteiger partial charge in [0.1, 0.15) is 0 Å². The van der Waals surface area contributed by atoms with Crippen LogP contribution < -0.4 is 10.6 Å². The van der Waals surface area contributed by atoms with Crippen LogP contribution in [0.2, 0.25) is 0 Å². The number of hydrogen-bond donors (Lipinski definition) is 2. The van der Waals surface area contributed by atoms with Gasteiger partial charge in [-0.2, -0.15) is 0 Å². The Hall–Kier alpha value is -1.55. The van der Waals surface area contributed by atoms with Crippen molar-refractivity contribution in [1.82, 2.24) is 10.6 Å². The molecule has 1 heterocycles. The molecule has 0 bridgehead atoms. The number of hydrogen-bond acceptors (Lipinski definition) is 2. The van der Waals surface area contributed by atoms with Crippen LogP contribution in [0.1, 0.15) is 31.2 Å². The van der Waals surface area contributed by atoms with E-state index in [4.69, 9.17) is 4.74 Å². The largest absolute Gasteiger partial charge is 0.381 e. The van der Waals surface area contributed by atoms with Crippen LogP contribution in [0.25, 0.3) is 0 Å². The van der Waals surface area contributed by atoms with Crippen LogP contribution in [0.5, 0.6) is 0 Å². The Balaban J connectivity index is 1.41. The third-order valence-electron chi connectivity index (χ3n) is 4.63. The minimum absolute atomic E-state index is 0.0530. The highest BCUT2D eigenvalue weighted by molar-refractivity contribution is 5.74. The SMILES string of the molecule is O=C(NC[C@@H]1CCCOC1)NCC1(c2ccccc2)CC1. The number of ether oxygens (including phenoxy) is 1. The lowest BCUT2D eigenvalue weighted by Crippen LogP contribution is -2.42. The van der Waals surface area contributed by atoms with Crippen LogP contribution in [0.15, 0.2) is 30.3 Å². The number of benzene rings is 1. The van der Waals surface area contributed by atoms with E-state index in [0.29, 0.717) is 12.5 Å². The maximum Gasteiger partial charge on any atom is 0.314 e. The Morgan fingerprint density at radius 2 is 2.05 bits per heavy atom. The van der Waals surface area contributed by atoms with Gasteiger partial charge in [0, 0.05) is 25.1 Å². The van der Waals surface area contributed by atoms with E-state index in [2.05, 4.69) is 34.9 Å². The predicted molar refractivity (Wildman–Crippen MR) is 82.3 cm³/mol. The molecule has 0 radical (unpaired) electrons. The molecule has 2 amide bonds. The molecule has 2 aliphatic rings. The molecule has 2 fully saturated rings. The Labute approximate surface area is 126 Å². The van der Waals surface area contributed by atoms with Crippen LogP contribution in [0.3, 0.4) is 0 Å². The van der Waals surface area contributed by atoms with E-state index in [0.717, 1.165) is 45.4 Å². The van der Waals surface area contributed by atoms with Gasteiger partial charge in [-0.05, 0) is 37.2 Å². The topological polar surface area (TPSA) is 50.4 Å². The van der Waals surface area contributed by atoms with Crippen molar-refractivity contribution in [2.24, 2.45) is 5.92 Å². The number of urea groups is 1. The molecule has 0 spiro atoms. The molecular formula is C17H24N2O2. The van der Waals surface area contributed by atoms with Crippen LogP contribution >= 0.6 is 0 Å². The predicted octanol–water partition coefficient (Wildman–Crippen LogP) is 2.44. The van der Waals surface area contributed by atoms with E-state index in [1.54, 1.807) is 0 Å². The molecule has 1 aromatic rings. The Kier molecular flexibility index (Phi) is 4.44. The summed E-state index contributed by atoms with van der Waals surface area (Å²) in [6.07, 6.45) is 4.57. The first-order valence-electron chi connectivity index (χ1n) is 7.93. The molecular weight excluding hydrogens is 264 g/mol. The number of carbonyl (C=O) groups is 1. The van der Waals surface area contributed by atoms with Gasteiger partial charge in [0.05, 0.1) is 6.61 Å². The smallest absolute Gasteiger partial charge is 0.314 e. The lowest BCUT2D eigenvalue weighted by Gasteiger charge is -2.23. The zero-order chi connectivity index (χ0) is 14.5.